The first-order valence-corrected chi connectivity index (χ1v) is 6.49. The molecule has 0 saturated carbocycles. The summed E-state index contributed by atoms with van der Waals surface area (Å²) in [6, 6.07) is 1.40. The van der Waals surface area contributed by atoms with E-state index in [0.717, 1.165) is 10.0 Å². The lowest BCUT2D eigenvalue weighted by Gasteiger charge is -2.19. The van der Waals surface area contributed by atoms with E-state index in [1.54, 1.807) is 24.3 Å². The van der Waals surface area contributed by atoms with E-state index in [1.165, 1.54) is 0 Å². The van der Waals surface area contributed by atoms with Crippen LogP contribution in [0.3, 0.4) is 0 Å². The van der Waals surface area contributed by atoms with Crippen LogP contribution in [0.15, 0.2) is 22.9 Å². The molecule has 6 heteroatoms. The number of carbonyl (C=O) groups excluding carboxylic acids is 2. The van der Waals surface area contributed by atoms with Crippen LogP contribution < -0.4 is 5.32 Å². The van der Waals surface area contributed by atoms with Gasteiger partial charge in [0.05, 0.1) is 0 Å². The Balaban J connectivity index is 2.15. The first-order valence-electron chi connectivity index (χ1n) is 5.70. The third-order valence-electron chi connectivity index (χ3n) is 2.89. The number of hydrogen-bond donors (Lipinski definition) is 1. The maximum absolute atomic E-state index is 12.1. The zero-order valence-corrected chi connectivity index (χ0v) is 11.6. The lowest BCUT2D eigenvalue weighted by Crippen LogP contribution is -2.44. The number of aromatic nitrogens is 1. The van der Waals surface area contributed by atoms with Crippen LogP contribution in [-0.4, -0.2) is 41.3 Å². The second-order valence-electron chi connectivity index (χ2n) is 4.35. The van der Waals surface area contributed by atoms with Crippen molar-refractivity contribution in [1.82, 2.24) is 15.2 Å². The van der Waals surface area contributed by atoms with Crippen molar-refractivity contribution in [3.63, 3.8) is 0 Å². The molecule has 1 unspecified atom stereocenters. The van der Waals surface area contributed by atoms with Gasteiger partial charge >= 0.3 is 0 Å². The van der Waals surface area contributed by atoms with Gasteiger partial charge in [-0.05, 0) is 27.6 Å². The molecule has 1 aromatic rings. The van der Waals surface area contributed by atoms with Gasteiger partial charge in [0.15, 0.2) is 0 Å². The highest BCUT2D eigenvalue weighted by Crippen LogP contribution is 2.13. The van der Waals surface area contributed by atoms with Crippen molar-refractivity contribution in [2.24, 2.45) is 0 Å². The van der Waals surface area contributed by atoms with Crippen molar-refractivity contribution in [2.75, 3.05) is 13.6 Å². The molecule has 0 spiro atoms. The average Bonchev–Trinajstić information content (AvgIpc) is 2.44. The summed E-state index contributed by atoms with van der Waals surface area (Å²) in [5.41, 5.74) is 0.915. The average molecular weight is 312 g/mol. The summed E-state index contributed by atoms with van der Waals surface area (Å²) >= 11 is 3.34. The van der Waals surface area contributed by atoms with Gasteiger partial charge in [0, 0.05) is 43.3 Å². The maximum atomic E-state index is 12.1. The minimum absolute atomic E-state index is 0.0548. The van der Waals surface area contributed by atoms with Gasteiger partial charge in [-0.15, -0.1) is 0 Å². The number of pyridine rings is 1. The molecule has 2 rings (SSSR count). The molecule has 1 N–H and O–H groups in total. The van der Waals surface area contributed by atoms with Crippen LogP contribution in [0.25, 0.3) is 0 Å². The summed E-state index contributed by atoms with van der Waals surface area (Å²) in [6.07, 6.45) is 4.20. The van der Waals surface area contributed by atoms with E-state index >= 15 is 0 Å². The molecule has 1 aliphatic rings. The number of nitrogens with one attached hydrogen (secondary N) is 1. The predicted octanol–water partition coefficient (Wildman–Crippen LogP) is 0.733. The van der Waals surface area contributed by atoms with Crippen molar-refractivity contribution < 1.29 is 9.59 Å². The van der Waals surface area contributed by atoms with E-state index in [-0.39, 0.29) is 11.8 Å². The maximum Gasteiger partial charge on any atom is 0.245 e. The van der Waals surface area contributed by atoms with Crippen LogP contribution in [0.4, 0.5) is 0 Å². The van der Waals surface area contributed by atoms with Crippen molar-refractivity contribution in [3.05, 3.63) is 28.5 Å². The number of rotatable bonds is 2. The van der Waals surface area contributed by atoms with E-state index in [9.17, 15) is 9.59 Å². The standard InChI is InChI=1S/C12H14BrN3O2/c1-16-3-2-11(17)15-10(12(16)18)5-8-4-9(13)7-14-6-8/h4,6-7,10H,2-3,5H2,1H3,(H,15,17). The molecule has 0 aliphatic carbocycles. The minimum Gasteiger partial charge on any atom is -0.344 e. The third-order valence-corrected chi connectivity index (χ3v) is 3.32. The van der Waals surface area contributed by atoms with Crippen LogP contribution in [0.5, 0.6) is 0 Å². The molecule has 18 heavy (non-hydrogen) atoms. The molecule has 1 aliphatic heterocycles. The Morgan fingerprint density at radius 1 is 1.50 bits per heavy atom. The lowest BCUT2D eigenvalue weighted by molar-refractivity contribution is -0.132. The van der Waals surface area contributed by atoms with Gasteiger partial charge in [-0.1, -0.05) is 0 Å². The molecular formula is C12H14BrN3O2. The summed E-state index contributed by atoms with van der Waals surface area (Å²) < 4.78 is 0.862. The molecule has 1 fully saturated rings. The summed E-state index contributed by atoms with van der Waals surface area (Å²) in [4.78, 5) is 29.2. The quantitative estimate of drug-likeness (QED) is 0.876. The summed E-state index contributed by atoms with van der Waals surface area (Å²) in [7, 11) is 1.72. The first-order chi connectivity index (χ1) is 8.56. The lowest BCUT2D eigenvalue weighted by atomic mass is 10.1. The molecule has 0 bridgehead atoms. The SMILES string of the molecule is CN1CCC(=O)NC(Cc2cncc(Br)c2)C1=O. The van der Waals surface area contributed by atoms with Gasteiger partial charge in [-0.3, -0.25) is 14.6 Å². The largest absolute Gasteiger partial charge is 0.344 e. The Hall–Kier alpha value is -1.43. The zero-order chi connectivity index (χ0) is 13.1. The van der Waals surface area contributed by atoms with Gasteiger partial charge in [-0.25, -0.2) is 0 Å². The van der Waals surface area contributed by atoms with E-state index < -0.39 is 6.04 Å². The van der Waals surface area contributed by atoms with Gasteiger partial charge in [0.1, 0.15) is 6.04 Å². The molecule has 1 atom stereocenters. The number of likely N-dealkylation sites (N-methyl/N-ethyl adjacent to an activating group) is 1. The molecule has 1 saturated heterocycles. The van der Waals surface area contributed by atoms with Crippen molar-refractivity contribution in [3.8, 4) is 0 Å². The minimum atomic E-state index is -0.499. The number of amides is 2. The predicted molar refractivity (Wildman–Crippen MR) is 69.8 cm³/mol. The van der Waals surface area contributed by atoms with Crippen molar-refractivity contribution in [2.45, 2.75) is 18.9 Å². The summed E-state index contributed by atoms with van der Waals surface area (Å²) in [5, 5.41) is 2.75. The van der Waals surface area contributed by atoms with Gasteiger partial charge < -0.3 is 10.2 Å². The fourth-order valence-corrected chi connectivity index (χ4v) is 2.33. The number of hydrogen-bond acceptors (Lipinski definition) is 3. The molecule has 2 amide bonds. The highest BCUT2D eigenvalue weighted by Gasteiger charge is 2.27. The van der Waals surface area contributed by atoms with Crippen LogP contribution in [-0.2, 0) is 16.0 Å². The van der Waals surface area contributed by atoms with Crippen LogP contribution in [0.2, 0.25) is 0 Å². The van der Waals surface area contributed by atoms with Gasteiger partial charge in [0.25, 0.3) is 0 Å². The molecular weight excluding hydrogens is 298 g/mol. The van der Waals surface area contributed by atoms with E-state index in [2.05, 4.69) is 26.2 Å². The first kappa shape index (κ1) is 13.0. The normalized spacial score (nSPS) is 20.6. The third kappa shape index (κ3) is 3.07. The van der Waals surface area contributed by atoms with Crippen LogP contribution in [0, 0.1) is 0 Å². The summed E-state index contributed by atoms with van der Waals surface area (Å²) in [5.74, 6) is -0.138. The number of carbonyl (C=O) groups is 2. The molecule has 0 aromatic carbocycles. The van der Waals surface area contributed by atoms with E-state index in [1.807, 2.05) is 6.07 Å². The second-order valence-corrected chi connectivity index (χ2v) is 5.26. The molecule has 96 valence electrons. The Labute approximate surface area is 114 Å². The van der Waals surface area contributed by atoms with E-state index in [0.29, 0.717) is 19.4 Å². The smallest absolute Gasteiger partial charge is 0.245 e. The van der Waals surface area contributed by atoms with E-state index in [4.69, 9.17) is 0 Å². The summed E-state index contributed by atoms with van der Waals surface area (Å²) in [6.45, 7) is 0.470. The van der Waals surface area contributed by atoms with Gasteiger partial charge in [0.2, 0.25) is 11.8 Å². The topological polar surface area (TPSA) is 62.3 Å². The highest BCUT2D eigenvalue weighted by atomic mass is 79.9. The van der Waals surface area contributed by atoms with Crippen LogP contribution in [0.1, 0.15) is 12.0 Å². The monoisotopic (exact) mass is 311 g/mol. The molecule has 5 nitrogen and oxygen atoms in total. The fraction of sp³-hybridized carbons (Fsp3) is 0.417. The highest BCUT2D eigenvalue weighted by molar-refractivity contribution is 9.10. The Kier molecular flexibility index (Phi) is 3.96. The fourth-order valence-electron chi connectivity index (χ4n) is 1.92. The van der Waals surface area contributed by atoms with Crippen LogP contribution >= 0.6 is 15.9 Å². The Bertz CT molecular complexity index is 478. The number of nitrogens with zero attached hydrogens (tertiary/aromatic N) is 2. The zero-order valence-electron chi connectivity index (χ0n) is 10.0. The second kappa shape index (κ2) is 5.48. The molecule has 1 aromatic heterocycles. The molecule has 0 radical (unpaired) electrons. The van der Waals surface area contributed by atoms with Crippen molar-refractivity contribution in [1.29, 1.82) is 0 Å². The van der Waals surface area contributed by atoms with Gasteiger partial charge in [-0.2, -0.15) is 0 Å². The Morgan fingerprint density at radius 2 is 2.28 bits per heavy atom. The van der Waals surface area contributed by atoms with Crippen molar-refractivity contribution >= 4 is 27.7 Å². The number of halogens is 1. The Morgan fingerprint density at radius 3 is 3.00 bits per heavy atom. The molecule has 2 heterocycles.